The Bertz CT molecular complexity index is 1330. The minimum atomic E-state index is -0.192. The first-order valence-electron chi connectivity index (χ1n) is 11.4. The van der Waals surface area contributed by atoms with Gasteiger partial charge in [-0.1, -0.05) is 42.5 Å². The van der Waals surface area contributed by atoms with Crippen molar-refractivity contribution in [1.82, 2.24) is 20.6 Å². The maximum atomic E-state index is 12.9. The second-order valence-electron chi connectivity index (χ2n) is 8.06. The highest BCUT2D eigenvalue weighted by molar-refractivity contribution is 6.06. The highest BCUT2D eigenvalue weighted by Crippen LogP contribution is 2.18. The van der Waals surface area contributed by atoms with Crippen molar-refractivity contribution in [1.29, 1.82) is 0 Å². The molecule has 0 aliphatic carbocycles. The number of carbonyl (C=O) groups is 2. The van der Waals surface area contributed by atoms with Crippen LogP contribution in [0.5, 0.6) is 0 Å². The van der Waals surface area contributed by atoms with Crippen molar-refractivity contribution in [2.75, 3.05) is 0 Å². The van der Waals surface area contributed by atoms with Crippen LogP contribution in [-0.4, -0.2) is 34.0 Å². The van der Waals surface area contributed by atoms with Gasteiger partial charge in [-0.2, -0.15) is 0 Å². The number of aromatic nitrogens is 2. The molecule has 0 radical (unpaired) electrons. The molecule has 7 nitrogen and oxygen atoms in total. The lowest BCUT2D eigenvalue weighted by atomic mass is 10.1. The second-order valence-corrected chi connectivity index (χ2v) is 8.06. The number of hydrogen-bond donors (Lipinski definition) is 3. The number of aromatic amines is 1. The molecule has 4 aromatic rings. The monoisotopic (exact) mass is 465 g/mol. The van der Waals surface area contributed by atoms with E-state index in [4.69, 9.17) is 0 Å². The Morgan fingerprint density at radius 3 is 2.63 bits per heavy atom. The minimum Gasteiger partial charge on any atom is -0.361 e. The lowest BCUT2D eigenvalue weighted by Crippen LogP contribution is -2.34. The molecule has 0 saturated heterocycles. The van der Waals surface area contributed by atoms with Gasteiger partial charge in [0.05, 0.1) is 5.56 Å². The Kier molecular flexibility index (Phi) is 7.81. The zero-order valence-electron chi connectivity index (χ0n) is 19.3. The molecule has 2 aromatic heterocycles. The molecule has 176 valence electrons. The summed E-state index contributed by atoms with van der Waals surface area (Å²) in [5.41, 5.74) is 3.04. The third-order valence-electron chi connectivity index (χ3n) is 5.55. The van der Waals surface area contributed by atoms with Gasteiger partial charge in [-0.15, -0.1) is 6.58 Å². The average Bonchev–Trinajstić information content (AvgIpc) is 3.37. The number of fused-ring (bicyclic) bond motifs is 1. The van der Waals surface area contributed by atoms with E-state index in [1.165, 1.54) is 6.20 Å². The molecule has 7 heteroatoms. The summed E-state index contributed by atoms with van der Waals surface area (Å²) in [6.45, 7) is 4.25. The van der Waals surface area contributed by atoms with Crippen LogP contribution in [0, 0.1) is 0 Å². The molecule has 0 fully saturated rings. The summed E-state index contributed by atoms with van der Waals surface area (Å²) in [5.74, 6) is 0.160. The van der Waals surface area contributed by atoms with Crippen LogP contribution in [0.3, 0.4) is 0 Å². The predicted octanol–water partition coefficient (Wildman–Crippen LogP) is 4.96. The number of nitrogens with zero attached hydrogens (tertiary/aromatic N) is 2. The number of H-pyrrole nitrogens is 1. The van der Waals surface area contributed by atoms with Gasteiger partial charge in [0, 0.05) is 54.1 Å². The fourth-order valence-electron chi connectivity index (χ4n) is 3.71. The van der Waals surface area contributed by atoms with Crippen molar-refractivity contribution in [3.05, 3.63) is 108 Å². The summed E-state index contributed by atoms with van der Waals surface area (Å²) in [6.07, 6.45) is 7.95. The fourth-order valence-corrected chi connectivity index (χ4v) is 3.71. The molecule has 3 N–H and O–H groups in total. The predicted molar refractivity (Wildman–Crippen MR) is 139 cm³/mol. The van der Waals surface area contributed by atoms with E-state index in [1.807, 2.05) is 60.8 Å². The summed E-state index contributed by atoms with van der Waals surface area (Å²) < 4.78 is 0. The first-order valence-corrected chi connectivity index (χ1v) is 11.4. The Morgan fingerprint density at radius 2 is 1.86 bits per heavy atom. The zero-order valence-corrected chi connectivity index (χ0v) is 19.3. The van der Waals surface area contributed by atoms with Gasteiger partial charge in [0.25, 0.3) is 11.8 Å². The third kappa shape index (κ3) is 6.29. The molecule has 0 aliphatic rings. The van der Waals surface area contributed by atoms with Gasteiger partial charge >= 0.3 is 0 Å². The molecule has 35 heavy (non-hydrogen) atoms. The first-order chi connectivity index (χ1) is 17.1. The molecule has 0 bridgehead atoms. The molecule has 1 atom stereocenters. The van der Waals surface area contributed by atoms with Crippen LogP contribution in [0.4, 0.5) is 5.82 Å². The molecule has 2 aromatic carbocycles. The number of benzene rings is 2. The number of hydrogen-bond acceptors (Lipinski definition) is 4. The van der Waals surface area contributed by atoms with Crippen molar-refractivity contribution in [3.63, 3.8) is 0 Å². The number of rotatable bonds is 10. The molecule has 0 spiro atoms. The zero-order chi connectivity index (χ0) is 24.5. The first kappa shape index (κ1) is 23.6. The lowest BCUT2D eigenvalue weighted by Gasteiger charge is -2.15. The molecule has 0 saturated carbocycles. The van der Waals surface area contributed by atoms with Gasteiger partial charge in [0.15, 0.2) is 5.82 Å². The standard InChI is InChI=1S/C28H27N5O2/c1-2-7-22(33-28(35)24-10-6-11-25-23(24)15-17-29-25)14-16-30-26-13-12-21(19-31-26)27(34)32-18-20-8-4-3-5-9-20/h2-6,8-13,15-17,19,22,29H,1,7,14,18H2,(H,32,34)(H,33,35). The van der Waals surface area contributed by atoms with Gasteiger partial charge < -0.3 is 15.6 Å². The highest BCUT2D eigenvalue weighted by atomic mass is 16.2. The van der Waals surface area contributed by atoms with Gasteiger partial charge in [-0.25, -0.2) is 9.98 Å². The van der Waals surface area contributed by atoms with Crippen LogP contribution in [0.1, 0.15) is 39.1 Å². The smallest absolute Gasteiger partial charge is 0.253 e. The van der Waals surface area contributed by atoms with Crippen LogP contribution in [0.2, 0.25) is 0 Å². The average molecular weight is 466 g/mol. The van der Waals surface area contributed by atoms with Crippen molar-refractivity contribution in [2.24, 2.45) is 4.99 Å². The Balaban J connectivity index is 1.32. The third-order valence-corrected chi connectivity index (χ3v) is 5.55. The van der Waals surface area contributed by atoms with E-state index in [-0.39, 0.29) is 17.9 Å². The van der Waals surface area contributed by atoms with E-state index in [9.17, 15) is 9.59 Å². The van der Waals surface area contributed by atoms with E-state index in [0.717, 1.165) is 16.5 Å². The molecule has 2 heterocycles. The summed E-state index contributed by atoms with van der Waals surface area (Å²) >= 11 is 0. The van der Waals surface area contributed by atoms with Gasteiger partial charge in [-0.3, -0.25) is 9.59 Å². The summed E-state index contributed by atoms with van der Waals surface area (Å²) in [6, 6.07) is 20.5. The molecule has 1 unspecified atom stereocenters. The summed E-state index contributed by atoms with van der Waals surface area (Å²) in [4.78, 5) is 37.0. The number of nitrogens with one attached hydrogen (secondary N) is 3. The van der Waals surface area contributed by atoms with E-state index in [0.29, 0.717) is 36.3 Å². The minimum absolute atomic E-state index is 0.139. The summed E-state index contributed by atoms with van der Waals surface area (Å²) in [5, 5.41) is 6.83. The topological polar surface area (TPSA) is 99.2 Å². The maximum absolute atomic E-state index is 12.9. The van der Waals surface area contributed by atoms with E-state index >= 15 is 0 Å². The molecular weight excluding hydrogens is 438 g/mol. The van der Waals surface area contributed by atoms with Crippen LogP contribution in [0.15, 0.2) is 96.8 Å². The van der Waals surface area contributed by atoms with Gasteiger partial charge in [0.2, 0.25) is 0 Å². The van der Waals surface area contributed by atoms with Crippen LogP contribution >= 0.6 is 0 Å². The van der Waals surface area contributed by atoms with E-state index in [2.05, 4.69) is 32.2 Å². The van der Waals surface area contributed by atoms with Crippen LogP contribution in [0.25, 0.3) is 10.9 Å². The highest BCUT2D eigenvalue weighted by Gasteiger charge is 2.15. The van der Waals surface area contributed by atoms with Crippen LogP contribution in [-0.2, 0) is 6.54 Å². The number of pyridine rings is 1. The van der Waals surface area contributed by atoms with E-state index < -0.39 is 0 Å². The van der Waals surface area contributed by atoms with Crippen molar-refractivity contribution < 1.29 is 9.59 Å². The lowest BCUT2D eigenvalue weighted by molar-refractivity contribution is 0.0935. The van der Waals surface area contributed by atoms with E-state index in [1.54, 1.807) is 24.4 Å². The largest absolute Gasteiger partial charge is 0.361 e. The van der Waals surface area contributed by atoms with Crippen molar-refractivity contribution in [3.8, 4) is 0 Å². The fraction of sp³-hybridized carbons (Fsp3) is 0.143. The SMILES string of the molecule is C=CCC(CC=Nc1ccc(C(=O)NCc2ccccc2)cn1)NC(=O)c1cccc2[nH]ccc12. The normalized spacial score (nSPS) is 11.9. The maximum Gasteiger partial charge on any atom is 0.253 e. The molecule has 2 amide bonds. The van der Waals surface area contributed by atoms with Crippen molar-refractivity contribution in [2.45, 2.75) is 25.4 Å². The van der Waals surface area contributed by atoms with Gasteiger partial charge in [0.1, 0.15) is 0 Å². The Labute approximate surface area is 204 Å². The molecule has 0 aliphatic heterocycles. The van der Waals surface area contributed by atoms with Crippen molar-refractivity contribution >= 4 is 34.7 Å². The summed E-state index contributed by atoms with van der Waals surface area (Å²) in [7, 11) is 0. The Hall–Kier alpha value is -4.52. The second kappa shape index (κ2) is 11.6. The number of aliphatic imine (C=N–C) groups is 1. The number of amides is 2. The Morgan fingerprint density at radius 1 is 1.00 bits per heavy atom. The van der Waals surface area contributed by atoms with Crippen LogP contribution < -0.4 is 10.6 Å². The molecule has 4 rings (SSSR count). The quantitative estimate of drug-likeness (QED) is 0.228. The van der Waals surface area contributed by atoms with Gasteiger partial charge in [-0.05, 0) is 42.3 Å². The molecular formula is C28H27N5O2. The number of carbonyl (C=O) groups excluding carboxylic acids is 2.